The lowest BCUT2D eigenvalue weighted by atomic mass is 9.96. The summed E-state index contributed by atoms with van der Waals surface area (Å²) < 4.78 is 0. The predicted molar refractivity (Wildman–Crippen MR) is 90.4 cm³/mol. The molecule has 0 saturated carbocycles. The van der Waals surface area contributed by atoms with E-state index in [-0.39, 0.29) is 17.7 Å². The molecule has 24 heavy (non-hydrogen) atoms. The quantitative estimate of drug-likeness (QED) is 0.818. The fraction of sp³-hybridized carbons (Fsp3) is 0.647. The molecule has 130 valence electrons. The third-order valence-corrected chi connectivity index (χ3v) is 4.85. The lowest BCUT2D eigenvalue weighted by molar-refractivity contribution is -0.141. The molecule has 0 spiro atoms. The molecule has 2 amide bonds. The third-order valence-electron chi connectivity index (χ3n) is 4.85. The van der Waals surface area contributed by atoms with E-state index in [2.05, 4.69) is 14.9 Å². The second kappa shape index (κ2) is 7.59. The van der Waals surface area contributed by atoms with Crippen molar-refractivity contribution in [3.8, 4) is 0 Å². The van der Waals surface area contributed by atoms with Crippen molar-refractivity contribution in [3.63, 3.8) is 0 Å². The molecule has 7 nitrogen and oxygen atoms in total. The van der Waals surface area contributed by atoms with E-state index in [4.69, 9.17) is 0 Å². The number of anilines is 1. The maximum atomic E-state index is 12.8. The molecule has 3 rings (SSSR count). The van der Waals surface area contributed by atoms with Crippen LogP contribution < -0.4 is 4.90 Å². The first-order valence-electron chi connectivity index (χ1n) is 8.77. The molecule has 0 aromatic carbocycles. The third kappa shape index (κ3) is 3.66. The van der Waals surface area contributed by atoms with Crippen molar-refractivity contribution >= 4 is 17.8 Å². The highest BCUT2D eigenvalue weighted by Gasteiger charge is 2.32. The zero-order chi connectivity index (χ0) is 16.9. The summed E-state index contributed by atoms with van der Waals surface area (Å²) >= 11 is 0. The van der Waals surface area contributed by atoms with Gasteiger partial charge in [0.2, 0.25) is 17.8 Å². The van der Waals surface area contributed by atoms with E-state index in [1.807, 2.05) is 16.7 Å². The number of carbonyl (C=O) groups is 2. The fourth-order valence-electron chi connectivity index (χ4n) is 3.47. The summed E-state index contributed by atoms with van der Waals surface area (Å²) in [6.45, 7) is 6.12. The molecule has 0 unspecified atom stereocenters. The van der Waals surface area contributed by atoms with Gasteiger partial charge in [-0.25, -0.2) is 9.97 Å². The van der Waals surface area contributed by atoms with E-state index in [0.29, 0.717) is 26.1 Å². The minimum Gasteiger partial charge on any atom is -0.342 e. The zero-order valence-corrected chi connectivity index (χ0v) is 14.2. The van der Waals surface area contributed by atoms with Gasteiger partial charge in [0.05, 0.1) is 5.92 Å². The van der Waals surface area contributed by atoms with Gasteiger partial charge in [-0.3, -0.25) is 9.59 Å². The zero-order valence-electron chi connectivity index (χ0n) is 14.2. The molecule has 1 atom stereocenters. The molecule has 0 N–H and O–H groups in total. The van der Waals surface area contributed by atoms with E-state index in [0.717, 1.165) is 38.4 Å². The monoisotopic (exact) mass is 331 g/mol. The van der Waals surface area contributed by atoms with Gasteiger partial charge < -0.3 is 14.7 Å². The maximum absolute atomic E-state index is 12.8. The Hall–Kier alpha value is -2.18. The minimum atomic E-state index is -0.0474. The van der Waals surface area contributed by atoms with Gasteiger partial charge >= 0.3 is 0 Å². The van der Waals surface area contributed by atoms with Gasteiger partial charge in [-0.15, -0.1) is 0 Å². The van der Waals surface area contributed by atoms with Crippen LogP contribution in [0.15, 0.2) is 18.5 Å². The Balaban J connectivity index is 1.54. The van der Waals surface area contributed by atoms with Gasteiger partial charge in [-0.1, -0.05) is 6.92 Å². The lowest BCUT2D eigenvalue weighted by Gasteiger charge is -2.39. The molecule has 2 fully saturated rings. The van der Waals surface area contributed by atoms with Gasteiger partial charge in [0.1, 0.15) is 0 Å². The fourth-order valence-corrected chi connectivity index (χ4v) is 3.47. The molecule has 2 saturated heterocycles. The van der Waals surface area contributed by atoms with Gasteiger partial charge in [0.25, 0.3) is 0 Å². The SMILES string of the molecule is CCC(=O)N1CCC[C@H](C(=O)N2CCN(c3ncccn3)CC2)C1. The van der Waals surface area contributed by atoms with E-state index < -0.39 is 0 Å². The Kier molecular flexibility index (Phi) is 5.27. The summed E-state index contributed by atoms with van der Waals surface area (Å²) in [5.74, 6) is 1.02. The molecular formula is C17H25N5O2. The molecule has 1 aromatic heterocycles. The summed E-state index contributed by atoms with van der Waals surface area (Å²) in [5.41, 5.74) is 0. The molecule has 2 aliphatic heterocycles. The predicted octanol–water partition coefficient (Wildman–Crippen LogP) is 0.774. The highest BCUT2D eigenvalue weighted by Crippen LogP contribution is 2.21. The Morgan fingerprint density at radius 3 is 2.46 bits per heavy atom. The van der Waals surface area contributed by atoms with Crippen molar-refractivity contribution in [2.45, 2.75) is 26.2 Å². The van der Waals surface area contributed by atoms with Crippen molar-refractivity contribution in [1.82, 2.24) is 19.8 Å². The summed E-state index contributed by atoms with van der Waals surface area (Å²) in [6.07, 6.45) is 5.79. The van der Waals surface area contributed by atoms with Crippen molar-refractivity contribution in [2.24, 2.45) is 5.92 Å². The average molecular weight is 331 g/mol. The molecule has 0 radical (unpaired) electrons. The summed E-state index contributed by atoms with van der Waals surface area (Å²) in [6, 6.07) is 1.80. The lowest BCUT2D eigenvalue weighted by Crippen LogP contribution is -2.53. The number of piperidine rings is 1. The van der Waals surface area contributed by atoms with Crippen LogP contribution in [-0.2, 0) is 9.59 Å². The second-order valence-electron chi connectivity index (χ2n) is 6.39. The first-order chi connectivity index (χ1) is 11.7. The topological polar surface area (TPSA) is 69.6 Å². The smallest absolute Gasteiger partial charge is 0.227 e. The van der Waals surface area contributed by atoms with Crippen LogP contribution in [0.1, 0.15) is 26.2 Å². The first-order valence-corrected chi connectivity index (χ1v) is 8.77. The van der Waals surface area contributed by atoms with Crippen molar-refractivity contribution < 1.29 is 9.59 Å². The van der Waals surface area contributed by atoms with Crippen LogP contribution in [0.25, 0.3) is 0 Å². The number of piperazine rings is 1. The van der Waals surface area contributed by atoms with Crippen LogP contribution in [0, 0.1) is 5.92 Å². The highest BCUT2D eigenvalue weighted by molar-refractivity contribution is 5.81. The van der Waals surface area contributed by atoms with Gasteiger partial charge in [0, 0.05) is 58.1 Å². The number of hydrogen-bond donors (Lipinski definition) is 0. The van der Waals surface area contributed by atoms with Crippen molar-refractivity contribution in [3.05, 3.63) is 18.5 Å². The van der Waals surface area contributed by atoms with E-state index >= 15 is 0 Å². The Morgan fingerprint density at radius 2 is 1.79 bits per heavy atom. The highest BCUT2D eigenvalue weighted by atomic mass is 16.2. The molecule has 7 heteroatoms. The largest absolute Gasteiger partial charge is 0.342 e. The van der Waals surface area contributed by atoms with Crippen molar-refractivity contribution in [2.75, 3.05) is 44.2 Å². The molecular weight excluding hydrogens is 306 g/mol. The second-order valence-corrected chi connectivity index (χ2v) is 6.39. The van der Waals surface area contributed by atoms with Crippen LogP contribution >= 0.6 is 0 Å². The Labute approximate surface area is 142 Å². The molecule has 0 bridgehead atoms. The van der Waals surface area contributed by atoms with Gasteiger partial charge in [-0.05, 0) is 18.9 Å². The number of likely N-dealkylation sites (tertiary alicyclic amines) is 1. The summed E-state index contributed by atoms with van der Waals surface area (Å²) in [7, 11) is 0. The van der Waals surface area contributed by atoms with E-state index in [1.165, 1.54) is 0 Å². The van der Waals surface area contributed by atoms with Gasteiger partial charge in [0.15, 0.2) is 0 Å². The van der Waals surface area contributed by atoms with Gasteiger partial charge in [-0.2, -0.15) is 0 Å². The van der Waals surface area contributed by atoms with Crippen LogP contribution in [0.3, 0.4) is 0 Å². The number of amides is 2. The normalized spacial score (nSPS) is 21.7. The van der Waals surface area contributed by atoms with Crippen LogP contribution in [0.4, 0.5) is 5.95 Å². The van der Waals surface area contributed by atoms with Crippen LogP contribution in [-0.4, -0.2) is 70.9 Å². The Bertz CT molecular complexity index is 572. The summed E-state index contributed by atoms with van der Waals surface area (Å²) in [5, 5.41) is 0. The maximum Gasteiger partial charge on any atom is 0.227 e. The molecule has 0 aliphatic carbocycles. The molecule has 2 aliphatic rings. The van der Waals surface area contributed by atoms with E-state index in [9.17, 15) is 9.59 Å². The number of rotatable bonds is 3. The Morgan fingerprint density at radius 1 is 1.08 bits per heavy atom. The van der Waals surface area contributed by atoms with E-state index in [1.54, 1.807) is 18.5 Å². The molecule has 3 heterocycles. The number of hydrogen-bond acceptors (Lipinski definition) is 5. The standard InChI is InChI=1S/C17H25N5O2/c1-2-15(23)22-8-3-5-14(13-22)16(24)20-9-11-21(12-10-20)17-18-6-4-7-19-17/h4,6-7,14H,2-3,5,8-13H2,1H3/t14-/m0/s1. The molecule has 1 aromatic rings. The number of carbonyl (C=O) groups excluding carboxylic acids is 2. The first kappa shape index (κ1) is 16.7. The number of nitrogens with zero attached hydrogens (tertiary/aromatic N) is 5. The minimum absolute atomic E-state index is 0.0474. The number of aromatic nitrogens is 2. The summed E-state index contributed by atoms with van der Waals surface area (Å²) in [4.78, 5) is 39.1. The average Bonchev–Trinajstić information content (AvgIpc) is 2.67. The van der Waals surface area contributed by atoms with Crippen LogP contribution in [0.5, 0.6) is 0 Å². The van der Waals surface area contributed by atoms with Crippen molar-refractivity contribution in [1.29, 1.82) is 0 Å². The van der Waals surface area contributed by atoms with Crippen LogP contribution in [0.2, 0.25) is 0 Å².